The third-order valence-corrected chi connectivity index (χ3v) is 3.38. The first kappa shape index (κ1) is 17.5. The number of rotatable bonds is 8. The molecule has 1 aromatic heterocycles. The summed E-state index contributed by atoms with van der Waals surface area (Å²) >= 11 is 5.99. The van der Waals surface area contributed by atoms with Crippen LogP contribution in [0.5, 0.6) is 5.75 Å². The predicted octanol–water partition coefficient (Wildman–Crippen LogP) is 2.53. The first-order chi connectivity index (χ1) is 11.2. The molecule has 0 spiro atoms. The van der Waals surface area contributed by atoms with Crippen molar-refractivity contribution in [3.63, 3.8) is 0 Å². The van der Waals surface area contributed by atoms with Crippen LogP contribution in [0.3, 0.4) is 0 Å². The lowest BCUT2D eigenvalue weighted by Crippen LogP contribution is -2.13. The van der Waals surface area contributed by atoms with Gasteiger partial charge in [-0.15, -0.1) is 0 Å². The maximum absolute atomic E-state index is 8.71. The zero-order chi connectivity index (χ0) is 16.7. The molecule has 0 saturated carbocycles. The van der Waals surface area contributed by atoms with Gasteiger partial charge in [0.25, 0.3) is 0 Å². The van der Waals surface area contributed by atoms with Gasteiger partial charge in [-0.3, -0.25) is 0 Å². The molecule has 0 radical (unpaired) electrons. The van der Waals surface area contributed by atoms with E-state index in [0.29, 0.717) is 25.6 Å². The first-order valence-corrected chi connectivity index (χ1v) is 7.65. The largest absolute Gasteiger partial charge is 0.496 e. The quantitative estimate of drug-likeness (QED) is 0.569. The SMILES string of the molecule is COc1ccccc1-c1c(C)nc(Cl)nc1NCCOCCO. The minimum absolute atomic E-state index is 0.00487. The van der Waals surface area contributed by atoms with Crippen molar-refractivity contribution >= 4 is 17.4 Å². The van der Waals surface area contributed by atoms with E-state index in [2.05, 4.69) is 15.3 Å². The molecule has 2 aromatic rings. The topological polar surface area (TPSA) is 76.5 Å². The number of aryl methyl sites for hydroxylation is 1. The number of ether oxygens (including phenoxy) is 2. The molecule has 0 bridgehead atoms. The Hall–Kier alpha value is -1.89. The molecule has 1 heterocycles. The van der Waals surface area contributed by atoms with Crippen molar-refractivity contribution in [1.29, 1.82) is 0 Å². The summed E-state index contributed by atoms with van der Waals surface area (Å²) in [7, 11) is 1.63. The third-order valence-electron chi connectivity index (χ3n) is 3.21. The highest BCUT2D eigenvalue weighted by Gasteiger charge is 2.16. The average Bonchev–Trinajstić information content (AvgIpc) is 2.54. The molecule has 2 rings (SSSR count). The molecule has 0 atom stereocenters. The maximum Gasteiger partial charge on any atom is 0.224 e. The van der Waals surface area contributed by atoms with Gasteiger partial charge in [-0.25, -0.2) is 9.97 Å². The van der Waals surface area contributed by atoms with Crippen LogP contribution in [0.4, 0.5) is 5.82 Å². The van der Waals surface area contributed by atoms with E-state index in [1.165, 1.54) is 0 Å². The van der Waals surface area contributed by atoms with Crippen molar-refractivity contribution in [2.45, 2.75) is 6.92 Å². The highest BCUT2D eigenvalue weighted by atomic mass is 35.5. The molecule has 0 saturated heterocycles. The second kappa shape index (κ2) is 8.67. The van der Waals surface area contributed by atoms with Gasteiger partial charge in [0.1, 0.15) is 11.6 Å². The maximum atomic E-state index is 8.71. The number of halogens is 1. The van der Waals surface area contributed by atoms with E-state index in [1.54, 1.807) is 7.11 Å². The van der Waals surface area contributed by atoms with Gasteiger partial charge in [-0.2, -0.15) is 0 Å². The molecular formula is C16H20ClN3O3. The molecule has 0 aliphatic rings. The number of anilines is 1. The fourth-order valence-corrected chi connectivity index (χ4v) is 2.46. The number of benzene rings is 1. The van der Waals surface area contributed by atoms with Gasteiger partial charge in [0.15, 0.2) is 0 Å². The Labute approximate surface area is 140 Å². The Morgan fingerprint density at radius 1 is 1.22 bits per heavy atom. The predicted molar refractivity (Wildman–Crippen MR) is 90.2 cm³/mol. The van der Waals surface area contributed by atoms with Crippen LogP contribution in [-0.2, 0) is 4.74 Å². The monoisotopic (exact) mass is 337 g/mol. The van der Waals surface area contributed by atoms with E-state index >= 15 is 0 Å². The molecule has 0 aliphatic carbocycles. The van der Waals surface area contributed by atoms with Crippen LogP contribution in [0.25, 0.3) is 11.1 Å². The number of methoxy groups -OCH3 is 1. The molecule has 0 fully saturated rings. The minimum Gasteiger partial charge on any atom is -0.496 e. The summed E-state index contributed by atoms with van der Waals surface area (Å²) in [6, 6.07) is 7.67. The fourth-order valence-electron chi connectivity index (χ4n) is 2.25. The summed E-state index contributed by atoms with van der Waals surface area (Å²) < 4.78 is 10.7. The third kappa shape index (κ3) is 4.54. The van der Waals surface area contributed by atoms with Crippen LogP contribution in [0.1, 0.15) is 5.69 Å². The summed E-state index contributed by atoms with van der Waals surface area (Å²) in [5.74, 6) is 1.36. The molecule has 124 valence electrons. The van der Waals surface area contributed by atoms with Crippen LogP contribution in [0.15, 0.2) is 24.3 Å². The van der Waals surface area contributed by atoms with Gasteiger partial charge >= 0.3 is 0 Å². The standard InChI is InChI=1S/C16H20ClN3O3/c1-11-14(12-5-3-4-6-13(12)22-2)15(20-16(17)19-11)18-7-9-23-10-8-21/h3-6,21H,7-10H2,1-2H3,(H,18,19,20). The number of nitrogens with zero attached hydrogens (tertiary/aromatic N) is 2. The number of aromatic nitrogens is 2. The molecule has 6 nitrogen and oxygen atoms in total. The van der Waals surface area contributed by atoms with Gasteiger partial charge in [0.05, 0.1) is 32.6 Å². The second-order valence-corrected chi connectivity index (χ2v) is 5.10. The molecule has 2 N–H and O–H groups in total. The number of aliphatic hydroxyl groups is 1. The van der Waals surface area contributed by atoms with Crippen LogP contribution >= 0.6 is 11.6 Å². The van der Waals surface area contributed by atoms with Gasteiger partial charge < -0.3 is 19.9 Å². The van der Waals surface area contributed by atoms with Gasteiger partial charge in [-0.05, 0) is 24.6 Å². The van der Waals surface area contributed by atoms with Crippen LogP contribution in [-0.4, -0.2) is 48.5 Å². The van der Waals surface area contributed by atoms with Crippen molar-refractivity contribution in [2.75, 3.05) is 38.8 Å². The first-order valence-electron chi connectivity index (χ1n) is 7.27. The summed E-state index contributed by atoms with van der Waals surface area (Å²) in [6.07, 6.45) is 0. The van der Waals surface area contributed by atoms with Gasteiger partial charge in [0.2, 0.25) is 5.28 Å². The highest BCUT2D eigenvalue weighted by molar-refractivity contribution is 6.28. The van der Waals surface area contributed by atoms with Crippen molar-refractivity contribution < 1.29 is 14.6 Å². The molecule has 7 heteroatoms. The van der Waals surface area contributed by atoms with Gasteiger partial charge in [-0.1, -0.05) is 18.2 Å². The van der Waals surface area contributed by atoms with Crippen molar-refractivity contribution in [3.8, 4) is 16.9 Å². The average molecular weight is 338 g/mol. The zero-order valence-electron chi connectivity index (χ0n) is 13.2. The lowest BCUT2D eigenvalue weighted by molar-refractivity contribution is 0.0992. The Kier molecular flexibility index (Phi) is 6.58. The number of hydrogen-bond donors (Lipinski definition) is 2. The molecule has 0 amide bonds. The summed E-state index contributed by atoms with van der Waals surface area (Å²) in [4.78, 5) is 8.52. The lowest BCUT2D eigenvalue weighted by Gasteiger charge is -2.16. The molecule has 23 heavy (non-hydrogen) atoms. The molecule has 1 aromatic carbocycles. The van der Waals surface area contributed by atoms with Crippen molar-refractivity contribution in [1.82, 2.24) is 9.97 Å². The van der Waals surface area contributed by atoms with E-state index in [1.807, 2.05) is 31.2 Å². The summed E-state index contributed by atoms with van der Waals surface area (Å²) in [5.41, 5.74) is 2.49. The van der Waals surface area contributed by atoms with Gasteiger partial charge in [0, 0.05) is 17.7 Å². The molecular weight excluding hydrogens is 318 g/mol. The Morgan fingerprint density at radius 3 is 2.74 bits per heavy atom. The van der Waals surface area contributed by atoms with Crippen LogP contribution in [0, 0.1) is 6.92 Å². The lowest BCUT2D eigenvalue weighted by atomic mass is 10.0. The Bertz CT molecular complexity index is 652. The van der Waals surface area contributed by atoms with Crippen LogP contribution in [0.2, 0.25) is 5.28 Å². The van der Waals surface area contributed by atoms with E-state index in [4.69, 9.17) is 26.2 Å². The molecule has 0 unspecified atom stereocenters. The van der Waals surface area contributed by atoms with E-state index in [-0.39, 0.29) is 11.9 Å². The summed E-state index contributed by atoms with van der Waals surface area (Å²) in [6.45, 7) is 3.18. The number of para-hydroxylation sites is 1. The number of aliphatic hydroxyl groups excluding tert-OH is 1. The second-order valence-electron chi connectivity index (χ2n) is 4.76. The van der Waals surface area contributed by atoms with Crippen molar-refractivity contribution in [3.05, 3.63) is 35.2 Å². The van der Waals surface area contributed by atoms with E-state index < -0.39 is 0 Å². The van der Waals surface area contributed by atoms with E-state index in [0.717, 1.165) is 22.6 Å². The summed E-state index contributed by atoms with van der Waals surface area (Å²) in [5, 5.41) is 12.1. The fraction of sp³-hybridized carbons (Fsp3) is 0.375. The number of nitrogens with one attached hydrogen (secondary N) is 1. The minimum atomic E-state index is 0.00487. The normalized spacial score (nSPS) is 10.6. The highest BCUT2D eigenvalue weighted by Crippen LogP contribution is 2.36. The Morgan fingerprint density at radius 2 is 2.00 bits per heavy atom. The van der Waals surface area contributed by atoms with Crippen molar-refractivity contribution in [2.24, 2.45) is 0 Å². The van der Waals surface area contributed by atoms with E-state index in [9.17, 15) is 0 Å². The smallest absolute Gasteiger partial charge is 0.224 e. The number of hydrogen-bond acceptors (Lipinski definition) is 6. The van der Waals surface area contributed by atoms with Crippen LogP contribution < -0.4 is 10.1 Å². The molecule has 0 aliphatic heterocycles. The zero-order valence-corrected chi connectivity index (χ0v) is 13.9. The Balaban J connectivity index is 2.30.